The van der Waals surface area contributed by atoms with Crippen molar-refractivity contribution in [2.75, 3.05) is 13.1 Å². The van der Waals surface area contributed by atoms with Crippen molar-refractivity contribution in [2.45, 2.75) is 19.0 Å². The molecule has 0 saturated heterocycles. The number of carbonyl (C=O) groups is 2. The number of aromatic nitrogens is 1. The number of carbonyl (C=O) groups excluding carboxylic acids is 2. The molecule has 2 aliphatic rings. The fraction of sp³-hybridized carbons (Fsp3) is 0.227. The molecule has 6 nitrogen and oxygen atoms in total. The fourth-order valence-electron chi connectivity index (χ4n) is 3.96. The molecule has 2 aromatic rings. The van der Waals surface area contributed by atoms with E-state index in [-0.39, 0.29) is 18.2 Å². The molecule has 0 fully saturated rings. The monoisotopic (exact) mass is 374 g/mol. The summed E-state index contributed by atoms with van der Waals surface area (Å²) in [4.78, 5) is 35.0. The van der Waals surface area contributed by atoms with Gasteiger partial charge >= 0.3 is 0 Å². The average Bonchev–Trinajstić information content (AvgIpc) is 3.01. The Balaban J connectivity index is 1.67. The van der Waals surface area contributed by atoms with E-state index in [1.165, 1.54) is 0 Å². The number of benzene rings is 1. The van der Waals surface area contributed by atoms with Crippen LogP contribution in [-0.4, -0.2) is 46.4 Å². The molecular formula is C22H22N4O2. The lowest BCUT2D eigenvalue weighted by Crippen LogP contribution is -2.47. The van der Waals surface area contributed by atoms with E-state index in [1.54, 1.807) is 23.1 Å². The number of amides is 1. The third-order valence-electron chi connectivity index (χ3n) is 5.27. The van der Waals surface area contributed by atoms with Gasteiger partial charge in [0, 0.05) is 27.7 Å². The summed E-state index contributed by atoms with van der Waals surface area (Å²) in [5, 5.41) is 0.915. The normalized spacial score (nSPS) is 17.2. The van der Waals surface area contributed by atoms with Gasteiger partial charge in [-0.15, -0.1) is 0 Å². The lowest BCUT2D eigenvalue weighted by Gasteiger charge is -2.30. The number of hydrogen-bond acceptors (Lipinski definition) is 4. The smallest absolute Gasteiger partial charge is 0.240 e. The molecule has 1 atom stereocenters. The van der Waals surface area contributed by atoms with E-state index in [1.807, 2.05) is 18.2 Å². The maximum atomic E-state index is 13.0. The number of H-pyrrole nitrogens is 1. The second-order valence-electron chi connectivity index (χ2n) is 7.08. The van der Waals surface area contributed by atoms with Crippen LogP contribution in [0.1, 0.15) is 28.0 Å². The molecule has 0 unspecified atom stereocenters. The molecule has 3 N–H and O–H groups in total. The zero-order chi connectivity index (χ0) is 19.8. The lowest BCUT2D eigenvalue weighted by molar-refractivity contribution is -0.132. The van der Waals surface area contributed by atoms with Crippen LogP contribution in [0.25, 0.3) is 10.9 Å². The molecule has 4 rings (SSSR count). The Morgan fingerprint density at radius 2 is 2.18 bits per heavy atom. The Kier molecular flexibility index (Phi) is 4.57. The van der Waals surface area contributed by atoms with Gasteiger partial charge in [-0.05, 0) is 18.1 Å². The number of nitrogens with zero attached hydrogens (tertiary/aromatic N) is 2. The molecule has 0 spiro atoms. The van der Waals surface area contributed by atoms with Gasteiger partial charge in [0.15, 0.2) is 5.78 Å². The Labute approximate surface area is 163 Å². The molecule has 0 aliphatic carbocycles. The molecule has 0 radical (unpaired) electrons. The summed E-state index contributed by atoms with van der Waals surface area (Å²) in [5.41, 5.74) is 11.3. The molecule has 1 amide bonds. The van der Waals surface area contributed by atoms with Crippen LogP contribution < -0.4 is 5.73 Å². The summed E-state index contributed by atoms with van der Waals surface area (Å²) in [7, 11) is 0. The number of Topliss-reactive ketones (excluding diaryl/α,β-unsaturated/α-hetero) is 1. The summed E-state index contributed by atoms with van der Waals surface area (Å²) in [6, 6.07) is 4.97. The first-order valence-corrected chi connectivity index (χ1v) is 9.22. The van der Waals surface area contributed by atoms with Gasteiger partial charge in [-0.3, -0.25) is 14.6 Å². The molecule has 2 aliphatic heterocycles. The minimum absolute atomic E-state index is 0.00550. The summed E-state index contributed by atoms with van der Waals surface area (Å²) in [6.07, 6.45) is 5.53. The third-order valence-corrected chi connectivity index (χ3v) is 5.27. The minimum Gasteiger partial charge on any atom is -0.356 e. The number of allylic oxidation sites excluding steroid dienone is 3. The lowest BCUT2D eigenvalue weighted by atomic mass is 9.97. The van der Waals surface area contributed by atoms with E-state index in [9.17, 15) is 9.59 Å². The van der Waals surface area contributed by atoms with Gasteiger partial charge in [-0.2, -0.15) is 0 Å². The Hall–Kier alpha value is -3.25. The Morgan fingerprint density at radius 1 is 1.36 bits per heavy atom. The fourth-order valence-corrected chi connectivity index (χ4v) is 3.96. The number of aliphatic imine (C=N–C) groups is 1. The highest BCUT2D eigenvalue weighted by atomic mass is 16.2. The van der Waals surface area contributed by atoms with E-state index in [2.05, 4.69) is 23.1 Å². The van der Waals surface area contributed by atoms with E-state index in [0.29, 0.717) is 25.1 Å². The van der Waals surface area contributed by atoms with Gasteiger partial charge < -0.3 is 15.6 Å². The number of nitrogens with one attached hydrogen (secondary N) is 1. The molecule has 3 heterocycles. The van der Waals surface area contributed by atoms with Gasteiger partial charge in [0.25, 0.3) is 0 Å². The van der Waals surface area contributed by atoms with Crippen LogP contribution in [-0.2, 0) is 11.3 Å². The van der Waals surface area contributed by atoms with Gasteiger partial charge in [-0.25, -0.2) is 0 Å². The van der Waals surface area contributed by atoms with Crippen LogP contribution >= 0.6 is 0 Å². The van der Waals surface area contributed by atoms with E-state index in [4.69, 9.17) is 5.73 Å². The molecule has 28 heavy (non-hydrogen) atoms. The third kappa shape index (κ3) is 2.92. The topological polar surface area (TPSA) is 91.6 Å². The van der Waals surface area contributed by atoms with Crippen molar-refractivity contribution < 1.29 is 9.59 Å². The predicted molar refractivity (Wildman–Crippen MR) is 111 cm³/mol. The zero-order valence-electron chi connectivity index (χ0n) is 15.6. The Morgan fingerprint density at radius 3 is 2.93 bits per heavy atom. The summed E-state index contributed by atoms with van der Waals surface area (Å²) in [5.74, 6) is -0.159. The number of aromatic amines is 1. The number of ketones is 1. The first-order valence-electron chi connectivity index (χ1n) is 9.22. The largest absolute Gasteiger partial charge is 0.356 e. The van der Waals surface area contributed by atoms with Crippen LogP contribution in [0.5, 0.6) is 0 Å². The van der Waals surface area contributed by atoms with Crippen LogP contribution in [0.3, 0.4) is 0 Å². The molecule has 142 valence electrons. The van der Waals surface area contributed by atoms with Crippen LogP contribution in [0, 0.1) is 0 Å². The predicted octanol–water partition coefficient (Wildman–Crippen LogP) is 2.51. The van der Waals surface area contributed by atoms with Gasteiger partial charge in [0.2, 0.25) is 5.91 Å². The van der Waals surface area contributed by atoms with Crippen molar-refractivity contribution in [3.8, 4) is 0 Å². The first-order chi connectivity index (χ1) is 13.5. The quantitative estimate of drug-likeness (QED) is 0.788. The highest BCUT2D eigenvalue weighted by Crippen LogP contribution is 2.32. The van der Waals surface area contributed by atoms with Crippen molar-refractivity contribution in [3.05, 3.63) is 72.0 Å². The van der Waals surface area contributed by atoms with E-state index in [0.717, 1.165) is 33.4 Å². The van der Waals surface area contributed by atoms with Crippen molar-refractivity contribution in [1.82, 2.24) is 9.88 Å². The summed E-state index contributed by atoms with van der Waals surface area (Å²) >= 11 is 0. The average molecular weight is 374 g/mol. The molecule has 1 aromatic carbocycles. The second-order valence-corrected chi connectivity index (χ2v) is 7.08. The molecular weight excluding hydrogens is 352 g/mol. The van der Waals surface area contributed by atoms with Crippen LogP contribution in [0.4, 0.5) is 0 Å². The second kappa shape index (κ2) is 7.05. The summed E-state index contributed by atoms with van der Waals surface area (Å²) in [6.45, 7) is 8.29. The number of rotatable bonds is 5. The van der Waals surface area contributed by atoms with Crippen molar-refractivity contribution in [1.29, 1.82) is 0 Å². The van der Waals surface area contributed by atoms with Crippen LogP contribution in [0.2, 0.25) is 0 Å². The van der Waals surface area contributed by atoms with E-state index < -0.39 is 6.04 Å². The van der Waals surface area contributed by atoms with Gasteiger partial charge in [-0.1, -0.05) is 43.5 Å². The Bertz CT molecular complexity index is 1070. The molecule has 0 bridgehead atoms. The van der Waals surface area contributed by atoms with Crippen molar-refractivity contribution in [2.24, 2.45) is 10.7 Å². The number of hydrogen-bond donors (Lipinski definition) is 2. The van der Waals surface area contributed by atoms with Crippen molar-refractivity contribution >= 4 is 28.3 Å². The minimum atomic E-state index is -0.682. The summed E-state index contributed by atoms with van der Waals surface area (Å²) < 4.78 is 0. The van der Waals surface area contributed by atoms with Crippen molar-refractivity contribution in [3.63, 3.8) is 0 Å². The maximum absolute atomic E-state index is 13.0. The zero-order valence-corrected chi connectivity index (χ0v) is 15.6. The molecule has 6 heteroatoms. The first kappa shape index (κ1) is 18.1. The molecule has 0 saturated carbocycles. The van der Waals surface area contributed by atoms with Gasteiger partial charge in [0.05, 0.1) is 24.8 Å². The highest BCUT2D eigenvalue weighted by Gasteiger charge is 2.33. The van der Waals surface area contributed by atoms with Crippen LogP contribution in [0.15, 0.2) is 60.2 Å². The van der Waals surface area contributed by atoms with Gasteiger partial charge in [0.1, 0.15) is 6.54 Å². The highest BCUT2D eigenvalue weighted by molar-refractivity contribution is 6.22. The maximum Gasteiger partial charge on any atom is 0.240 e. The SMILES string of the molecule is C=C/C=C(\C=C)C[C@H](N)C(=O)N1CC2=NCC(=O)c3cccc4[nH]c(c2c34)C1. The van der Waals surface area contributed by atoms with E-state index >= 15 is 0 Å². The standard InChI is InChI=1S/C22H22N4O2/c1-3-6-13(4-2)9-15(23)22(28)26-11-17-21-18(12-26)25-16-8-5-7-14(20(16)21)19(27)10-24-17/h3-8,15,25H,1-2,9-12,23H2/b13-6+/t15-/m0/s1. The number of nitrogens with two attached hydrogens (primary N) is 1. The molecule has 1 aromatic heterocycles.